The van der Waals surface area contributed by atoms with Crippen LogP contribution < -0.4 is 14.4 Å². The Kier molecular flexibility index (Phi) is 5.59. The van der Waals surface area contributed by atoms with Gasteiger partial charge in [0.1, 0.15) is 11.5 Å². The van der Waals surface area contributed by atoms with Crippen LogP contribution in [0.15, 0.2) is 48.5 Å². The van der Waals surface area contributed by atoms with E-state index in [9.17, 15) is 14.9 Å². The van der Waals surface area contributed by atoms with E-state index in [-0.39, 0.29) is 24.2 Å². The highest BCUT2D eigenvalue weighted by Gasteiger charge is 2.35. The molecule has 1 saturated carbocycles. The number of methoxy groups -OCH3 is 1. The number of nitro groups is 1. The molecular formula is C20H22N2O5. The molecule has 1 amide bonds. The summed E-state index contributed by atoms with van der Waals surface area (Å²) in [5.41, 5.74) is 0.781. The first-order valence-corrected chi connectivity index (χ1v) is 8.83. The number of amides is 1. The summed E-state index contributed by atoms with van der Waals surface area (Å²) >= 11 is 0. The minimum Gasteiger partial charge on any atom is -0.497 e. The van der Waals surface area contributed by atoms with Crippen LogP contribution in [0.4, 0.5) is 11.4 Å². The van der Waals surface area contributed by atoms with Gasteiger partial charge in [-0.15, -0.1) is 0 Å². The van der Waals surface area contributed by atoms with Crippen LogP contribution in [0, 0.1) is 16.0 Å². The number of nitro benzene ring substituents is 1. The van der Waals surface area contributed by atoms with Crippen LogP contribution in [0.3, 0.4) is 0 Å². The van der Waals surface area contributed by atoms with E-state index in [1.54, 1.807) is 12.0 Å². The first-order valence-electron chi connectivity index (χ1n) is 8.83. The summed E-state index contributed by atoms with van der Waals surface area (Å²) in [6, 6.07) is 13.1. The lowest BCUT2D eigenvalue weighted by Gasteiger charge is -2.29. The summed E-state index contributed by atoms with van der Waals surface area (Å²) in [6.07, 6.45) is 2.23. The summed E-state index contributed by atoms with van der Waals surface area (Å²) in [4.78, 5) is 24.9. The molecule has 2 aromatic carbocycles. The Morgan fingerprint density at radius 2 is 1.74 bits per heavy atom. The van der Waals surface area contributed by atoms with E-state index in [0.29, 0.717) is 11.7 Å². The summed E-state index contributed by atoms with van der Waals surface area (Å²) < 4.78 is 10.7. The van der Waals surface area contributed by atoms with Gasteiger partial charge in [0.25, 0.3) is 11.6 Å². The van der Waals surface area contributed by atoms with Crippen molar-refractivity contribution >= 4 is 17.3 Å². The van der Waals surface area contributed by atoms with Crippen LogP contribution in [0.5, 0.6) is 11.5 Å². The Morgan fingerprint density at radius 3 is 2.26 bits per heavy atom. The maximum Gasteiger partial charge on any atom is 0.269 e. The minimum atomic E-state index is -0.475. The molecule has 0 heterocycles. The van der Waals surface area contributed by atoms with Gasteiger partial charge >= 0.3 is 0 Å². The fourth-order valence-electron chi connectivity index (χ4n) is 3.02. The molecule has 1 unspecified atom stereocenters. The maximum atomic E-state index is 12.9. The quantitative estimate of drug-likeness (QED) is 0.521. The summed E-state index contributed by atoms with van der Waals surface area (Å²) in [5, 5.41) is 10.7. The predicted octanol–water partition coefficient (Wildman–Crippen LogP) is 3.81. The molecule has 0 bridgehead atoms. The summed E-state index contributed by atoms with van der Waals surface area (Å²) in [7, 11) is 1.60. The fourth-order valence-corrected chi connectivity index (χ4v) is 3.02. The van der Waals surface area contributed by atoms with E-state index in [1.165, 1.54) is 24.3 Å². The molecule has 0 spiro atoms. The predicted molar refractivity (Wildman–Crippen MR) is 101 cm³/mol. The first kappa shape index (κ1) is 18.7. The highest BCUT2D eigenvalue weighted by molar-refractivity contribution is 5.95. The van der Waals surface area contributed by atoms with E-state index in [4.69, 9.17) is 9.47 Å². The molecule has 0 saturated heterocycles. The zero-order valence-corrected chi connectivity index (χ0v) is 15.3. The van der Waals surface area contributed by atoms with Crippen molar-refractivity contribution in [2.45, 2.75) is 25.8 Å². The zero-order valence-electron chi connectivity index (χ0n) is 15.3. The number of nitrogens with zero attached hydrogens (tertiary/aromatic N) is 2. The fraction of sp³-hybridized carbons (Fsp3) is 0.350. The summed E-state index contributed by atoms with van der Waals surface area (Å²) in [5.74, 6) is 1.49. The molecule has 0 radical (unpaired) electrons. The summed E-state index contributed by atoms with van der Waals surface area (Å²) in [6.45, 7) is 1.91. The van der Waals surface area contributed by atoms with Crippen molar-refractivity contribution in [1.82, 2.24) is 0 Å². The van der Waals surface area contributed by atoms with Gasteiger partial charge in [-0.05, 0) is 62.1 Å². The first-order chi connectivity index (χ1) is 13.0. The molecule has 142 valence electrons. The largest absolute Gasteiger partial charge is 0.497 e. The van der Waals surface area contributed by atoms with E-state index in [0.717, 1.165) is 24.3 Å². The third-order valence-electron chi connectivity index (χ3n) is 4.74. The van der Waals surface area contributed by atoms with Gasteiger partial charge in [-0.25, -0.2) is 0 Å². The molecule has 3 rings (SSSR count). The number of hydrogen-bond acceptors (Lipinski definition) is 5. The molecule has 1 aliphatic rings. The second kappa shape index (κ2) is 8.07. The van der Waals surface area contributed by atoms with Gasteiger partial charge in [0.2, 0.25) is 0 Å². The Hall–Kier alpha value is -3.09. The van der Waals surface area contributed by atoms with Gasteiger partial charge in [0.05, 0.1) is 12.0 Å². The maximum absolute atomic E-state index is 12.9. The molecule has 0 N–H and O–H groups in total. The van der Waals surface area contributed by atoms with Gasteiger partial charge in [-0.3, -0.25) is 14.9 Å². The lowest BCUT2D eigenvalue weighted by Crippen LogP contribution is -2.42. The average Bonchev–Trinajstić information content (AvgIpc) is 3.52. The van der Waals surface area contributed by atoms with Gasteiger partial charge < -0.3 is 14.4 Å². The number of rotatable bonds is 8. The molecule has 2 aromatic rings. The lowest BCUT2D eigenvalue weighted by atomic mass is 10.1. The van der Waals surface area contributed by atoms with E-state index >= 15 is 0 Å². The van der Waals surface area contributed by atoms with Crippen molar-refractivity contribution in [2.75, 3.05) is 18.6 Å². The zero-order chi connectivity index (χ0) is 19.4. The van der Waals surface area contributed by atoms with Crippen molar-refractivity contribution in [2.24, 2.45) is 5.92 Å². The molecule has 1 fully saturated rings. The molecule has 27 heavy (non-hydrogen) atoms. The Labute approximate surface area is 157 Å². The number of carbonyl (C=O) groups is 1. The second-order valence-electron chi connectivity index (χ2n) is 6.58. The van der Waals surface area contributed by atoms with Crippen molar-refractivity contribution in [3.8, 4) is 11.5 Å². The monoisotopic (exact) mass is 370 g/mol. The van der Waals surface area contributed by atoms with Crippen molar-refractivity contribution in [3.05, 3.63) is 58.6 Å². The van der Waals surface area contributed by atoms with Gasteiger partial charge in [-0.2, -0.15) is 0 Å². The average molecular weight is 370 g/mol. The molecule has 7 heteroatoms. The SMILES string of the molecule is COc1ccc(N(C(=O)COc2ccc([N+](=O)[O-])cc2)C(C)C2CC2)cc1. The number of carbonyl (C=O) groups excluding carboxylic acids is 1. The number of anilines is 1. The molecular weight excluding hydrogens is 348 g/mol. The number of ether oxygens (including phenoxy) is 2. The highest BCUT2D eigenvalue weighted by atomic mass is 16.6. The van der Waals surface area contributed by atoms with Gasteiger partial charge in [-0.1, -0.05) is 0 Å². The van der Waals surface area contributed by atoms with Gasteiger partial charge in [0, 0.05) is 23.9 Å². The van der Waals surface area contributed by atoms with Crippen LogP contribution in [0.2, 0.25) is 0 Å². The Balaban J connectivity index is 1.71. The number of non-ortho nitro benzene ring substituents is 1. The van der Waals surface area contributed by atoms with Crippen molar-refractivity contribution in [3.63, 3.8) is 0 Å². The third-order valence-corrected chi connectivity index (χ3v) is 4.74. The van der Waals surface area contributed by atoms with E-state index in [2.05, 4.69) is 0 Å². The number of benzene rings is 2. The smallest absolute Gasteiger partial charge is 0.269 e. The topological polar surface area (TPSA) is 81.9 Å². The van der Waals surface area contributed by atoms with Crippen molar-refractivity contribution < 1.29 is 19.2 Å². The second-order valence-corrected chi connectivity index (χ2v) is 6.58. The molecule has 0 aromatic heterocycles. The van der Waals surface area contributed by atoms with Crippen LogP contribution in [0.1, 0.15) is 19.8 Å². The standard InChI is InChI=1S/C20H22N2O5/c1-14(15-3-4-15)21(16-5-9-18(26-2)10-6-16)20(23)13-27-19-11-7-17(8-12-19)22(24)25/h5-12,14-15H,3-4,13H2,1-2H3. The van der Waals surface area contributed by atoms with E-state index in [1.807, 2.05) is 31.2 Å². The van der Waals surface area contributed by atoms with E-state index < -0.39 is 4.92 Å². The highest BCUT2D eigenvalue weighted by Crippen LogP contribution is 2.37. The van der Waals surface area contributed by atoms with Crippen LogP contribution in [-0.4, -0.2) is 30.6 Å². The van der Waals surface area contributed by atoms with Crippen LogP contribution in [-0.2, 0) is 4.79 Å². The molecule has 7 nitrogen and oxygen atoms in total. The number of hydrogen-bond donors (Lipinski definition) is 0. The Morgan fingerprint density at radius 1 is 1.15 bits per heavy atom. The van der Waals surface area contributed by atoms with Crippen LogP contribution >= 0.6 is 0 Å². The minimum absolute atomic E-state index is 0.0177. The normalized spacial score (nSPS) is 14.3. The van der Waals surface area contributed by atoms with Gasteiger partial charge in [0.15, 0.2) is 6.61 Å². The lowest BCUT2D eigenvalue weighted by molar-refractivity contribution is -0.384. The van der Waals surface area contributed by atoms with Crippen LogP contribution in [0.25, 0.3) is 0 Å². The Bertz CT molecular complexity index is 800. The molecule has 0 aliphatic heterocycles. The molecule has 1 aliphatic carbocycles. The van der Waals surface area contributed by atoms with Crippen molar-refractivity contribution in [1.29, 1.82) is 0 Å². The molecule has 1 atom stereocenters. The third kappa shape index (κ3) is 4.55.